The van der Waals surface area contributed by atoms with Gasteiger partial charge in [-0.2, -0.15) is 0 Å². The van der Waals surface area contributed by atoms with Gasteiger partial charge in [0, 0.05) is 38.4 Å². The topological polar surface area (TPSA) is 59.4 Å². The van der Waals surface area contributed by atoms with Crippen LogP contribution in [0.1, 0.15) is 45.0 Å². The van der Waals surface area contributed by atoms with Crippen molar-refractivity contribution in [1.29, 1.82) is 0 Å². The number of imidazole rings is 1. The van der Waals surface area contributed by atoms with Crippen molar-refractivity contribution in [2.75, 3.05) is 38.5 Å². The van der Waals surface area contributed by atoms with Crippen LogP contribution in [-0.2, 0) is 16.1 Å². The lowest BCUT2D eigenvalue weighted by Crippen LogP contribution is -2.48. The summed E-state index contributed by atoms with van der Waals surface area (Å²) in [5.41, 5.74) is 2.25. The molecular weight excluding hydrogens is 360 g/mol. The molecule has 1 N–H and O–H groups in total. The molecule has 27 heavy (non-hydrogen) atoms. The lowest BCUT2D eigenvalue weighted by Gasteiger charge is -2.33. The molecular formula is C20H36N4O2S. The molecule has 2 heterocycles. The van der Waals surface area contributed by atoms with Crippen molar-refractivity contribution < 1.29 is 9.53 Å². The number of unbranched alkanes of at least 4 members (excludes halogenated alkanes) is 1. The van der Waals surface area contributed by atoms with E-state index in [1.54, 1.807) is 0 Å². The third-order valence-corrected chi connectivity index (χ3v) is 5.84. The number of hydrogen-bond acceptors (Lipinski definition) is 5. The monoisotopic (exact) mass is 396 g/mol. The molecule has 1 aromatic heterocycles. The zero-order valence-corrected chi connectivity index (χ0v) is 18.4. The summed E-state index contributed by atoms with van der Waals surface area (Å²) in [7, 11) is 0. The van der Waals surface area contributed by atoms with E-state index in [1.807, 2.05) is 6.92 Å². The van der Waals surface area contributed by atoms with Crippen LogP contribution >= 0.6 is 11.8 Å². The maximum absolute atomic E-state index is 12.3. The quantitative estimate of drug-likeness (QED) is 0.616. The van der Waals surface area contributed by atoms with Crippen molar-refractivity contribution in [3.05, 3.63) is 11.4 Å². The average molecular weight is 397 g/mol. The Morgan fingerprint density at radius 3 is 2.89 bits per heavy atom. The number of thioether (sulfide) groups is 1. The van der Waals surface area contributed by atoms with Crippen LogP contribution in [0.5, 0.6) is 0 Å². The number of aryl methyl sites for hydroxylation is 1. The molecule has 0 radical (unpaired) electrons. The predicted octanol–water partition coefficient (Wildman–Crippen LogP) is 2.87. The maximum atomic E-state index is 12.3. The second-order valence-electron chi connectivity index (χ2n) is 7.81. The average Bonchev–Trinajstić information content (AvgIpc) is 2.90. The zero-order chi connectivity index (χ0) is 19.8. The van der Waals surface area contributed by atoms with Crippen LogP contribution in [-0.4, -0.2) is 65.0 Å². The molecule has 1 amide bonds. The van der Waals surface area contributed by atoms with Crippen LogP contribution in [0.2, 0.25) is 0 Å². The first-order valence-corrected chi connectivity index (χ1v) is 11.2. The molecule has 2 rings (SSSR count). The summed E-state index contributed by atoms with van der Waals surface area (Å²) in [6, 6.07) is 0. The summed E-state index contributed by atoms with van der Waals surface area (Å²) in [5.74, 6) is 1.09. The summed E-state index contributed by atoms with van der Waals surface area (Å²) in [6.07, 6.45) is 2.36. The molecule has 1 atom stereocenters. The van der Waals surface area contributed by atoms with Crippen LogP contribution in [0, 0.1) is 19.8 Å². The highest BCUT2D eigenvalue weighted by Crippen LogP contribution is 2.21. The van der Waals surface area contributed by atoms with Crippen molar-refractivity contribution in [2.24, 2.45) is 5.92 Å². The minimum Gasteiger partial charge on any atom is -0.374 e. The highest BCUT2D eigenvalue weighted by Gasteiger charge is 2.21. The number of rotatable bonds is 10. The van der Waals surface area contributed by atoms with E-state index in [9.17, 15) is 4.79 Å². The van der Waals surface area contributed by atoms with Crippen LogP contribution in [0.15, 0.2) is 5.16 Å². The number of amides is 1. The molecule has 154 valence electrons. The van der Waals surface area contributed by atoms with Gasteiger partial charge in [0.1, 0.15) is 0 Å². The van der Waals surface area contributed by atoms with Crippen molar-refractivity contribution in [2.45, 2.75) is 65.3 Å². The molecule has 0 bridgehead atoms. The van der Waals surface area contributed by atoms with Crippen molar-refractivity contribution in [3.8, 4) is 0 Å². The number of ether oxygens (including phenoxy) is 1. The fraction of sp³-hybridized carbons (Fsp3) is 0.800. The minimum atomic E-state index is 0.0462. The first kappa shape index (κ1) is 22.2. The van der Waals surface area contributed by atoms with Gasteiger partial charge in [0.2, 0.25) is 5.91 Å². The van der Waals surface area contributed by atoms with Crippen molar-refractivity contribution >= 4 is 17.7 Å². The Morgan fingerprint density at radius 2 is 2.19 bits per heavy atom. The zero-order valence-electron chi connectivity index (χ0n) is 17.6. The van der Waals surface area contributed by atoms with Gasteiger partial charge < -0.3 is 14.6 Å². The fourth-order valence-corrected chi connectivity index (χ4v) is 4.26. The Morgan fingerprint density at radius 1 is 1.41 bits per heavy atom. The molecule has 7 heteroatoms. The first-order valence-electron chi connectivity index (χ1n) is 10.2. The second kappa shape index (κ2) is 11.1. The normalized spacial score (nSPS) is 18.2. The number of aromatic nitrogens is 2. The molecule has 1 saturated heterocycles. The molecule has 1 aliphatic heterocycles. The van der Waals surface area contributed by atoms with E-state index in [2.05, 4.69) is 47.5 Å². The maximum Gasteiger partial charge on any atom is 0.230 e. The summed E-state index contributed by atoms with van der Waals surface area (Å²) >= 11 is 1.52. The SMILES string of the molecule is CCCCn1c(SCC(=O)NCC2CN(CC(C)C)CCO2)nc(C)c1C. The molecule has 0 aromatic carbocycles. The lowest BCUT2D eigenvalue weighted by atomic mass is 10.2. The number of nitrogens with zero attached hydrogens (tertiary/aromatic N) is 3. The Labute approximate surface area is 168 Å². The summed E-state index contributed by atoms with van der Waals surface area (Å²) in [5, 5.41) is 3.98. The predicted molar refractivity (Wildman–Crippen MR) is 111 cm³/mol. The van der Waals surface area contributed by atoms with E-state index in [-0.39, 0.29) is 12.0 Å². The lowest BCUT2D eigenvalue weighted by molar-refractivity contribution is -0.119. The van der Waals surface area contributed by atoms with E-state index in [1.165, 1.54) is 17.5 Å². The standard InChI is InChI=1S/C20H36N4O2S/c1-6-7-8-24-17(5)16(4)22-20(24)27-14-19(25)21-11-18-13-23(9-10-26-18)12-15(2)3/h15,18H,6-14H2,1-5H3,(H,21,25). The van der Waals surface area contributed by atoms with Gasteiger partial charge in [0.25, 0.3) is 0 Å². The Balaban J connectivity index is 1.77. The van der Waals surface area contributed by atoms with Gasteiger partial charge in [-0.3, -0.25) is 9.69 Å². The van der Waals surface area contributed by atoms with E-state index < -0.39 is 0 Å². The van der Waals surface area contributed by atoms with E-state index in [4.69, 9.17) is 4.74 Å². The van der Waals surface area contributed by atoms with Gasteiger partial charge in [-0.15, -0.1) is 0 Å². The molecule has 0 aliphatic carbocycles. The molecule has 1 aromatic rings. The van der Waals surface area contributed by atoms with Crippen molar-refractivity contribution in [3.63, 3.8) is 0 Å². The highest BCUT2D eigenvalue weighted by molar-refractivity contribution is 7.99. The third-order valence-electron chi connectivity index (χ3n) is 4.86. The first-order chi connectivity index (χ1) is 12.9. The van der Waals surface area contributed by atoms with Gasteiger partial charge in [0.15, 0.2) is 5.16 Å². The summed E-state index contributed by atoms with van der Waals surface area (Å²) in [4.78, 5) is 19.4. The van der Waals surface area contributed by atoms with E-state index in [0.29, 0.717) is 18.2 Å². The van der Waals surface area contributed by atoms with Crippen LogP contribution in [0.25, 0.3) is 0 Å². The van der Waals surface area contributed by atoms with Gasteiger partial charge in [-0.05, 0) is 26.2 Å². The number of nitrogens with one attached hydrogen (secondary N) is 1. The Bertz CT molecular complexity index is 603. The van der Waals surface area contributed by atoms with Gasteiger partial charge in [0.05, 0.1) is 24.2 Å². The molecule has 1 unspecified atom stereocenters. The van der Waals surface area contributed by atoms with E-state index in [0.717, 1.165) is 56.5 Å². The smallest absolute Gasteiger partial charge is 0.230 e. The summed E-state index contributed by atoms with van der Waals surface area (Å²) in [6.45, 7) is 16.0. The number of carbonyl (C=O) groups is 1. The molecule has 0 spiro atoms. The third kappa shape index (κ3) is 7.12. The molecule has 1 aliphatic rings. The number of hydrogen-bond donors (Lipinski definition) is 1. The number of morpholine rings is 1. The van der Waals surface area contributed by atoms with Crippen molar-refractivity contribution in [1.82, 2.24) is 19.8 Å². The number of carbonyl (C=O) groups excluding carboxylic acids is 1. The molecule has 0 saturated carbocycles. The second-order valence-corrected chi connectivity index (χ2v) is 8.75. The Hall–Kier alpha value is -1.05. The van der Waals surface area contributed by atoms with E-state index >= 15 is 0 Å². The highest BCUT2D eigenvalue weighted by atomic mass is 32.2. The Kier molecular flexibility index (Phi) is 9.12. The van der Waals surface area contributed by atoms with Gasteiger partial charge in [-0.25, -0.2) is 4.98 Å². The fourth-order valence-electron chi connectivity index (χ4n) is 3.31. The molecule has 1 fully saturated rings. The summed E-state index contributed by atoms with van der Waals surface area (Å²) < 4.78 is 8.05. The van der Waals surface area contributed by atoms with Crippen LogP contribution in [0.4, 0.5) is 0 Å². The largest absolute Gasteiger partial charge is 0.374 e. The van der Waals surface area contributed by atoms with Crippen LogP contribution < -0.4 is 5.32 Å². The van der Waals surface area contributed by atoms with Gasteiger partial charge in [-0.1, -0.05) is 39.0 Å². The van der Waals surface area contributed by atoms with Gasteiger partial charge >= 0.3 is 0 Å². The van der Waals surface area contributed by atoms with Crippen LogP contribution in [0.3, 0.4) is 0 Å². The molecule has 6 nitrogen and oxygen atoms in total. The minimum absolute atomic E-state index is 0.0462.